The van der Waals surface area contributed by atoms with Crippen LogP contribution in [0.2, 0.25) is 0 Å². The molecule has 7 heteroatoms. The number of rotatable bonds is 4. The summed E-state index contributed by atoms with van der Waals surface area (Å²) in [4.78, 5) is 23.4. The fourth-order valence-corrected chi connectivity index (χ4v) is 1.46. The lowest BCUT2D eigenvalue weighted by molar-refractivity contribution is 0.0594. The van der Waals surface area contributed by atoms with E-state index in [1.807, 2.05) is 0 Å². The van der Waals surface area contributed by atoms with Gasteiger partial charge in [0.2, 0.25) is 0 Å². The predicted octanol–water partition coefficient (Wildman–Crippen LogP) is 0.894. The molecule has 0 fully saturated rings. The van der Waals surface area contributed by atoms with E-state index >= 15 is 0 Å². The van der Waals surface area contributed by atoms with Crippen molar-refractivity contribution in [1.29, 1.82) is 0 Å². The Kier molecular flexibility index (Phi) is 3.99. The van der Waals surface area contributed by atoms with Crippen molar-refractivity contribution in [2.45, 2.75) is 6.61 Å². The lowest BCUT2D eigenvalue weighted by Gasteiger charge is -2.10. The zero-order valence-electron chi connectivity index (χ0n) is 10.2. The fraction of sp³-hybridized carbons (Fsp3) is 0.167. The second-order valence-corrected chi connectivity index (χ2v) is 3.60. The maximum absolute atomic E-state index is 11.7. The number of pyridine rings is 1. The van der Waals surface area contributed by atoms with Gasteiger partial charge in [-0.3, -0.25) is 0 Å². The van der Waals surface area contributed by atoms with Crippen molar-refractivity contribution < 1.29 is 14.6 Å². The van der Waals surface area contributed by atoms with Crippen molar-refractivity contribution in [1.82, 2.24) is 15.0 Å². The van der Waals surface area contributed by atoms with Gasteiger partial charge in [0.1, 0.15) is 6.33 Å². The summed E-state index contributed by atoms with van der Waals surface area (Å²) in [6.07, 6.45) is 4.53. The number of aliphatic hydroxyl groups excluding tert-OH is 1. The topological polar surface area (TPSA) is 97.2 Å². The number of anilines is 2. The van der Waals surface area contributed by atoms with Crippen molar-refractivity contribution in [2.24, 2.45) is 0 Å². The van der Waals surface area contributed by atoms with Crippen LogP contribution < -0.4 is 5.32 Å². The number of hydrogen-bond acceptors (Lipinski definition) is 7. The van der Waals surface area contributed by atoms with E-state index in [0.717, 1.165) is 0 Å². The van der Waals surface area contributed by atoms with E-state index < -0.39 is 5.97 Å². The molecule has 0 aliphatic heterocycles. The third-order valence-electron chi connectivity index (χ3n) is 2.33. The SMILES string of the molecule is COC(=O)c1nc(CO)ccc1Nc1cncnc1. The average Bonchev–Trinajstić information content (AvgIpc) is 2.48. The molecule has 2 heterocycles. The van der Waals surface area contributed by atoms with Gasteiger partial charge >= 0.3 is 5.97 Å². The molecule has 0 amide bonds. The lowest BCUT2D eigenvalue weighted by Crippen LogP contribution is -2.10. The number of carbonyl (C=O) groups excluding carboxylic acids is 1. The number of esters is 1. The zero-order valence-corrected chi connectivity index (χ0v) is 10.2. The van der Waals surface area contributed by atoms with E-state index in [9.17, 15) is 4.79 Å². The first-order chi connectivity index (χ1) is 9.24. The molecule has 0 aromatic carbocycles. The van der Waals surface area contributed by atoms with E-state index in [1.54, 1.807) is 24.5 Å². The Morgan fingerprint density at radius 1 is 1.37 bits per heavy atom. The monoisotopic (exact) mass is 260 g/mol. The minimum Gasteiger partial charge on any atom is -0.464 e. The molecule has 2 rings (SSSR count). The van der Waals surface area contributed by atoms with Gasteiger partial charge < -0.3 is 15.2 Å². The maximum Gasteiger partial charge on any atom is 0.358 e. The van der Waals surface area contributed by atoms with Crippen LogP contribution in [0.4, 0.5) is 11.4 Å². The molecule has 0 atom stereocenters. The van der Waals surface area contributed by atoms with Gasteiger partial charge in [-0.15, -0.1) is 0 Å². The summed E-state index contributed by atoms with van der Waals surface area (Å²) in [7, 11) is 1.27. The average molecular weight is 260 g/mol. The van der Waals surface area contributed by atoms with E-state index in [2.05, 4.69) is 25.0 Å². The quantitative estimate of drug-likeness (QED) is 0.788. The number of methoxy groups -OCH3 is 1. The van der Waals surface area contributed by atoms with E-state index in [-0.39, 0.29) is 12.3 Å². The standard InChI is InChI=1S/C12H12N4O3/c1-19-12(18)11-10(3-2-8(6-17)16-11)15-9-4-13-7-14-5-9/h2-5,7,15,17H,6H2,1H3. The summed E-state index contributed by atoms with van der Waals surface area (Å²) < 4.78 is 4.66. The first kappa shape index (κ1) is 12.9. The Labute approximate surface area is 109 Å². The summed E-state index contributed by atoms with van der Waals surface area (Å²) in [6, 6.07) is 3.25. The molecule has 0 spiro atoms. The van der Waals surface area contributed by atoms with Crippen LogP contribution in [0.1, 0.15) is 16.2 Å². The fourth-order valence-electron chi connectivity index (χ4n) is 1.46. The summed E-state index contributed by atoms with van der Waals surface area (Å²) in [5, 5.41) is 12.0. The van der Waals surface area contributed by atoms with Gasteiger partial charge in [0.15, 0.2) is 5.69 Å². The van der Waals surface area contributed by atoms with E-state index in [0.29, 0.717) is 17.1 Å². The summed E-state index contributed by atoms with van der Waals surface area (Å²) >= 11 is 0. The summed E-state index contributed by atoms with van der Waals surface area (Å²) in [5.41, 5.74) is 1.55. The van der Waals surface area contributed by atoms with Gasteiger partial charge in [-0.25, -0.2) is 19.7 Å². The third-order valence-corrected chi connectivity index (χ3v) is 2.33. The minimum atomic E-state index is -0.588. The van der Waals surface area contributed by atoms with Crippen molar-refractivity contribution in [2.75, 3.05) is 12.4 Å². The van der Waals surface area contributed by atoms with E-state index in [1.165, 1.54) is 13.4 Å². The normalized spacial score (nSPS) is 10.0. The number of nitrogens with zero attached hydrogens (tertiary/aromatic N) is 3. The van der Waals surface area contributed by atoms with Gasteiger partial charge in [-0.05, 0) is 12.1 Å². The molecular weight excluding hydrogens is 248 g/mol. The second kappa shape index (κ2) is 5.87. The van der Waals surface area contributed by atoms with Crippen LogP contribution in [0.15, 0.2) is 30.9 Å². The number of aromatic nitrogens is 3. The van der Waals surface area contributed by atoms with Crippen LogP contribution in [0, 0.1) is 0 Å². The number of nitrogens with one attached hydrogen (secondary N) is 1. The van der Waals surface area contributed by atoms with Gasteiger partial charge in [0.25, 0.3) is 0 Å². The van der Waals surface area contributed by atoms with Crippen LogP contribution >= 0.6 is 0 Å². The summed E-state index contributed by atoms with van der Waals surface area (Å²) in [5.74, 6) is -0.588. The first-order valence-corrected chi connectivity index (χ1v) is 5.45. The highest BCUT2D eigenvalue weighted by atomic mass is 16.5. The van der Waals surface area contributed by atoms with Crippen LogP contribution in [-0.4, -0.2) is 33.1 Å². The van der Waals surface area contributed by atoms with Crippen molar-refractivity contribution in [3.05, 3.63) is 42.2 Å². The van der Waals surface area contributed by atoms with Gasteiger partial charge in [-0.1, -0.05) is 0 Å². The molecule has 2 aromatic rings. The molecule has 0 saturated carbocycles. The van der Waals surface area contributed by atoms with Gasteiger partial charge in [-0.2, -0.15) is 0 Å². The molecule has 2 aromatic heterocycles. The Hall–Kier alpha value is -2.54. The van der Waals surface area contributed by atoms with Gasteiger partial charge in [0.05, 0.1) is 43.2 Å². The number of aliphatic hydroxyl groups is 1. The molecule has 0 bridgehead atoms. The molecule has 98 valence electrons. The predicted molar refractivity (Wildman–Crippen MR) is 66.8 cm³/mol. The van der Waals surface area contributed by atoms with Crippen molar-refractivity contribution in [3.63, 3.8) is 0 Å². The number of hydrogen-bond donors (Lipinski definition) is 2. The Morgan fingerprint density at radius 3 is 2.74 bits per heavy atom. The molecule has 0 unspecified atom stereocenters. The van der Waals surface area contributed by atoms with Crippen molar-refractivity contribution in [3.8, 4) is 0 Å². The summed E-state index contributed by atoms with van der Waals surface area (Å²) in [6.45, 7) is -0.251. The zero-order chi connectivity index (χ0) is 13.7. The van der Waals surface area contributed by atoms with Gasteiger partial charge in [0, 0.05) is 0 Å². The lowest BCUT2D eigenvalue weighted by atomic mass is 10.2. The van der Waals surface area contributed by atoms with Crippen LogP contribution in [0.25, 0.3) is 0 Å². The molecule has 0 saturated heterocycles. The molecule has 19 heavy (non-hydrogen) atoms. The molecular formula is C12H12N4O3. The maximum atomic E-state index is 11.7. The largest absolute Gasteiger partial charge is 0.464 e. The van der Waals surface area contributed by atoms with Crippen LogP contribution in [0.3, 0.4) is 0 Å². The second-order valence-electron chi connectivity index (χ2n) is 3.60. The highest BCUT2D eigenvalue weighted by molar-refractivity contribution is 5.94. The third kappa shape index (κ3) is 3.02. The van der Waals surface area contributed by atoms with E-state index in [4.69, 9.17) is 5.11 Å². The Morgan fingerprint density at radius 2 is 2.11 bits per heavy atom. The first-order valence-electron chi connectivity index (χ1n) is 5.45. The molecule has 0 aliphatic rings. The Balaban J connectivity index is 2.36. The highest BCUT2D eigenvalue weighted by Gasteiger charge is 2.15. The molecule has 7 nitrogen and oxygen atoms in total. The number of ether oxygens (including phenoxy) is 1. The number of carbonyl (C=O) groups is 1. The molecule has 2 N–H and O–H groups in total. The smallest absolute Gasteiger partial charge is 0.358 e. The molecule has 0 radical (unpaired) electrons. The van der Waals surface area contributed by atoms with Crippen LogP contribution in [0.5, 0.6) is 0 Å². The highest BCUT2D eigenvalue weighted by Crippen LogP contribution is 2.19. The minimum absolute atomic E-state index is 0.0953. The Bertz CT molecular complexity index is 574. The van der Waals surface area contributed by atoms with Crippen LogP contribution in [-0.2, 0) is 11.3 Å². The van der Waals surface area contributed by atoms with Crippen molar-refractivity contribution >= 4 is 17.3 Å². The molecule has 0 aliphatic carbocycles.